The Balaban J connectivity index is 1.86. The molecule has 0 fully saturated rings. The molecule has 5 nitrogen and oxygen atoms in total. The molecular formula is C20H19NO4. The molecular weight excluding hydrogens is 318 g/mol. The van der Waals surface area contributed by atoms with Crippen molar-refractivity contribution in [1.29, 1.82) is 0 Å². The van der Waals surface area contributed by atoms with Crippen LogP contribution < -0.4 is 10.1 Å². The van der Waals surface area contributed by atoms with E-state index in [1.54, 1.807) is 24.3 Å². The molecule has 0 spiro atoms. The van der Waals surface area contributed by atoms with Crippen LogP contribution in [0.4, 0.5) is 0 Å². The predicted molar refractivity (Wildman–Crippen MR) is 94.6 cm³/mol. The topological polar surface area (TPSA) is 64.6 Å². The second kappa shape index (κ2) is 9.14. The number of methoxy groups -OCH3 is 1. The summed E-state index contributed by atoms with van der Waals surface area (Å²) in [7, 11) is 1.27. The van der Waals surface area contributed by atoms with Gasteiger partial charge in [0.05, 0.1) is 24.8 Å². The number of carbonyl (C=O) groups excluding carboxylic acids is 2. The summed E-state index contributed by atoms with van der Waals surface area (Å²) in [6.07, 6.45) is 0. The van der Waals surface area contributed by atoms with Crippen molar-refractivity contribution >= 4 is 11.9 Å². The molecule has 0 aromatic heterocycles. The highest BCUT2D eigenvalue weighted by Gasteiger charge is 2.16. The van der Waals surface area contributed by atoms with E-state index in [2.05, 4.69) is 21.9 Å². The molecule has 0 saturated heterocycles. The van der Waals surface area contributed by atoms with E-state index in [0.717, 1.165) is 11.3 Å². The smallest absolute Gasteiger partial charge is 0.338 e. The number of benzene rings is 2. The molecule has 5 heteroatoms. The van der Waals surface area contributed by atoms with Gasteiger partial charge < -0.3 is 14.8 Å². The number of hydrogen-bond acceptors (Lipinski definition) is 4. The molecule has 0 atom stereocenters. The van der Waals surface area contributed by atoms with Crippen molar-refractivity contribution in [2.45, 2.75) is 6.92 Å². The third-order valence-electron chi connectivity index (χ3n) is 3.43. The third-order valence-corrected chi connectivity index (χ3v) is 3.43. The molecule has 1 N–H and O–H groups in total. The molecule has 2 rings (SSSR count). The normalized spacial score (nSPS) is 9.52. The van der Waals surface area contributed by atoms with Crippen molar-refractivity contribution in [3.8, 4) is 17.6 Å². The molecule has 2 aromatic carbocycles. The van der Waals surface area contributed by atoms with E-state index < -0.39 is 5.97 Å². The average molecular weight is 337 g/mol. The minimum absolute atomic E-state index is 0.158. The second-order valence-corrected chi connectivity index (χ2v) is 5.13. The monoisotopic (exact) mass is 337 g/mol. The van der Waals surface area contributed by atoms with Gasteiger partial charge in [0.2, 0.25) is 0 Å². The standard InChI is InChI=1S/C20H19NO4/c1-15-9-3-6-12-18(15)25-14-8-7-13-21-19(22)16-10-4-5-11-17(16)20(23)24-2/h3-6,9-12H,13-14H2,1-2H3,(H,21,22). The first-order valence-corrected chi connectivity index (χ1v) is 7.73. The zero-order chi connectivity index (χ0) is 18.1. The van der Waals surface area contributed by atoms with Crippen molar-refractivity contribution < 1.29 is 19.1 Å². The lowest BCUT2D eigenvalue weighted by atomic mass is 10.1. The fraction of sp³-hybridized carbons (Fsp3) is 0.200. The summed E-state index contributed by atoms with van der Waals surface area (Å²) in [5.74, 6) is 5.51. The van der Waals surface area contributed by atoms with Crippen molar-refractivity contribution in [2.75, 3.05) is 20.3 Å². The summed E-state index contributed by atoms with van der Waals surface area (Å²) in [4.78, 5) is 23.8. The molecule has 0 saturated carbocycles. The molecule has 2 aromatic rings. The van der Waals surface area contributed by atoms with E-state index in [9.17, 15) is 9.59 Å². The Morgan fingerprint density at radius 2 is 1.68 bits per heavy atom. The number of carbonyl (C=O) groups is 2. The number of aryl methyl sites for hydroxylation is 1. The van der Waals surface area contributed by atoms with Crippen LogP contribution in [-0.2, 0) is 4.74 Å². The number of para-hydroxylation sites is 1. The molecule has 25 heavy (non-hydrogen) atoms. The number of nitrogens with one attached hydrogen (secondary N) is 1. The first-order chi connectivity index (χ1) is 12.1. The van der Waals surface area contributed by atoms with E-state index in [1.807, 2.05) is 31.2 Å². The van der Waals surface area contributed by atoms with Crippen LogP contribution in [0.15, 0.2) is 48.5 Å². The van der Waals surface area contributed by atoms with E-state index in [0.29, 0.717) is 0 Å². The zero-order valence-corrected chi connectivity index (χ0v) is 14.2. The van der Waals surface area contributed by atoms with Crippen molar-refractivity contribution in [3.63, 3.8) is 0 Å². The molecule has 1 amide bonds. The van der Waals surface area contributed by atoms with Gasteiger partial charge in [-0.3, -0.25) is 4.79 Å². The van der Waals surface area contributed by atoms with Gasteiger partial charge in [0.15, 0.2) is 0 Å². The first kappa shape index (κ1) is 18.1. The summed E-state index contributed by atoms with van der Waals surface area (Å²) < 4.78 is 10.2. The van der Waals surface area contributed by atoms with E-state index >= 15 is 0 Å². The van der Waals surface area contributed by atoms with Gasteiger partial charge in [-0.2, -0.15) is 0 Å². The molecule has 0 aliphatic rings. The van der Waals surface area contributed by atoms with Gasteiger partial charge in [0.25, 0.3) is 5.91 Å². The number of ether oxygens (including phenoxy) is 2. The quantitative estimate of drug-likeness (QED) is 0.673. The molecule has 128 valence electrons. The van der Waals surface area contributed by atoms with E-state index in [4.69, 9.17) is 4.74 Å². The van der Waals surface area contributed by atoms with Gasteiger partial charge in [-0.25, -0.2) is 4.79 Å². The summed E-state index contributed by atoms with van der Waals surface area (Å²) in [5.41, 5.74) is 1.52. The van der Waals surface area contributed by atoms with Crippen molar-refractivity contribution in [3.05, 3.63) is 65.2 Å². The lowest BCUT2D eigenvalue weighted by Crippen LogP contribution is -2.25. The van der Waals surface area contributed by atoms with Gasteiger partial charge >= 0.3 is 5.97 Å². The predicted octanol–water partition coefficient (Wildman–Crippen LogP) is 2.59. The summed E-state index contributed by atoms with van der Waals surface area (Å²) >= 11 is 0. The van der Waals surface area contributed by atoms with Gasteiger partial charge in [-0.1, -0.05) is 42.2 Å². The second-order valence-electron chi connectivity index (χ2n) is 5.13. The molecule has 0 unspecified atom stereocenters. The zero-order valence-electron chi connectivity index (χ0n) is 14.2. The van der Waals surface area contributed by atoms with Crippen LogP contribution in [-0.4, -0.2) is 32.1 Å². The van der Waals surface area contributed by atoms with Crippen LogP contribution in [0, 0.1) is 18.8 Å². The maximum Gasteiger partial charge on any atom is 0.338 e. The summed E-state index contributed by atoms with van der Waals surface area (Å²) in [6.45, 7) is 2.35. The number of rotatable bonds is 5. The molecule has 0 aliphatic carbocycles. The van der Waals surface area contributed by atoms with Crippen molar-refractivity contribution in [1.82, 2.24) is 5.32 Å². The van der Waals surface area contributed by atoms with Gasteiger partial charge in [-0.15, -0.1) is 0 Å². The Morgan fingerprint density at radius 1 is 1.00 bits per heavy atom. The minimum atomic E-state index is -0.552. The van der Waals surface area contributed by atoms with Crippen LogP contribution >= 0.6 is 0 Å². The lowest BCUT2D eigenvalue weighted by molar-refractivity contribution is 0.0596. The highest BCUT2D eigenvalue weighted by atomic mass is 16.5. The summed E-state index contributed by atoms with van der Waals surface area (Å²) in [6, 6.07) is 14.1. The Hall–Kier alpha value is -3.26. The Morgan fingerprint density at radius 3 is 2.40 bits per heavy atom. The SMILES string of the molecule is COC(=O)c1ccccc1C(=O)NCC#CCOc1ccccc1C. The fourth-order valence-electron chi connectivity index (χ4n) is 2.13. The fourth-order valence-corrected chi connectivity index (χ4v) is 2.13. The average Bonchev–Trinajstić information content (AvgIpc) is 2.65. The largest absolute Gasteiger partial charge is 0.481 e. The first-order valence-electron chi connectivity index (χ1n) is 7.73. The van der Waals surface area contributed by atoms with E-state index in [1.165, 1.54) is 7.11 Å². The van der Waals surface area contributed by atoms with E-state index in [-0.39, 0.29) is 30.2 Å². The molecule has 0 bridgehead atoms. The van der Waals surface area contributed by atoms with Gasteiger partial charge in [0, 0.05) is 0 Å². The number of esters is 1. The van der Waals surface area contributed by atoms with Crippen LogP contribution in [0.5, 0.6) is 5.75 Å². The molecule has 0 heterocycles. The van der Waals surface area contributed by atoms with Crippen LogP contribution in [0.3, 0.4) is 0 Å². The summed E-state index contributed by atoms with van der Waals surface area (Å²) in [5, 5.41) is 2.65. The maximum atomic E-state index is 12.2. The Labute approximate surface area is 147 Å². The Kier molecular flexibility index (Phi) is 6.61. The number of hydrogen-bond donors (Lipinski definition) is 1. The lowest BCUT2D eigenvalue weighted by Gasteiger charge is -2.07. The van der Waals surface area contributed by atoms with Crippen molar-refractivity contribution in [2.24, 2.45) is 0 Å². The number of amides is 1. The Bertz CT molecular complexity index is 818. The van der Waals surface area contributed by atoms with Gasteiger partial charge in [-0.05, 0) is 30.7 Å². The van der Waals surface area contributed by atoms with Crippen LogP contribution in [0.1, 0.15) is 26.3 Å². The maximum absolute atomic E-state index is 12.2. The van der Waals surface area contributed by atoms with Crippen LogP contribution in [0.25, 0.3) is 0 Å². The minimum Gasteiger partial charge on any atom is -0.481 e. The highest BCUT2D eigenvalue weighted by Crippen LogP contribution is 2.15. The molecule has 0 aliphatic heterocycles. The third kappa shape index (κ3) is 5.11. The van der Waals surface area contributed by atoms with Gasteiger partial charge in [0.1, 0.15) is 12.4 Å². The molecule has 0 radical (unpaired) electrons. The highest BCUT2D eigenvalue weighted by molar-refractivity contribution is 6.05. The van der Waals surface area contributed by atoms with Crippen LogP contribution in [0.2, 0.25) is 0 Å².